The van der Waals surface area contributed by atoms with Crippen LogP contribution in [0.5, 0.6) is 0 Å². The Morgan fingerprint density at radius 2 is 1.63 bits per heavy atom. The molecule has 0 saturated heterocycles. The number of anilines is 1. The molecule has 0 bridgehead atoms. The van der Waals surface area contributed by atoms with Crippen LogP contribution in [0.1, 0.15) is 16.7 Å². The number of halogens is 1. The minimum Gasteiger partial charge on any atom is -0.325 e. The Bertz CT molecular complexity index is 1130. The summed E-state index contributed by atoms with van der Waals surface area (Å²) in [4.78, 5) is 12.9. The van der Waals surface area contributed by atoms with E-state index in [1.807, 2.05) is 32.0 Å². The number of nitrogens with one attached hydrogen (secondary N) is 1. The van der Waals surface area contributed by atoms with E-state index in [1.165, 1.54) is 16.4 Å². The van der Waals surface area contributed by atoms with Crippen LogP contribution in [-0.4, -0.2) is 25.2 Å². The van der Waals surface area contributed by atoms with Crippen LogP contribution in [0.3, 0.4) is 0 Å². The number of amides is 1. The van der Waals surface area contributed by atoms with E-state index in [-0.39, 0.29) is 18.0 Å². The Morgan fingerprint density at radius 1 is 0.967 bits per heavy atom. The lowest BCUT2D eigenvalue weighted by Gasteiger charge is -2.22. The highest BCUT2D eigenvalue weighted by Gasteiger charge is 2.27. The molecule has 3 aromatic rings. The van der Waals surface area contributed by atoms with Gasteiger partial charge >= 0.3 is 0 Å². The van der Waals surface area contributed by atoms with Gasteiger partial charge in [0.1, 0.15) is 0 Å². The maximum Gasteiger partial charge on any atom is 0.243 e. The van der Waals surface area contributed by atoms with Crippen molar-refractivity contribution in [2.24, 2.45) is 0 Å². The molecule has 0 aliphatic carbocycles. The van der Waals surface area contributed by atoms with E-state index in [2.05, 4.69) is 5.32 Å². The zero-order chi connectivity index (χ0) is 21.7. The molecule has 5 nitrogen and oxygen atoms in total. The van der Waals surface area contributed by atoms with Gasteiger partial charge in [0.25, 0.3) is 0 Å². The van der Waals surface area contributed by atoms with Crippen molar-refractivity contribution >= 4 is 33.2 Å². The van der Waals surface area contributed by atoms with Crippen molar-refractivity contribution in [2.75, 3.05) is 11.9 Å². The van der Waals surface area contributed by atoms with Crippen LogP contribution >= 0.6 is 11.6 Å². The first-order valence-corrected chi connectivity index (χ1v) is 11.2. The molecule has 0 aliphatic rings. The van der Waals surface area contributed by atoms with Gasteiger partial charge < -0.3 is 5.32 Å². The van der Waals surface area contributed by atoms with Crippen LogP contribution in [0, 0.1) is 13.8 Å². The first-order valence-electron chi connectivity index (χ1n) is 9.42. The molecule has 0 fully saturated rings. The Hall–Kier alpha value is -2.67. The molecule has 0 atom stereocenters. The third kappa shape index (κ3) is 5.48. The van der Waals surface area contributed by atoms with Crippen LogP contribution in [0.25, 0.3) is 0 Å². The van der Waals surface area contributed by atoms with Crippen molar-refractivity contribution in [3.8, 4) is 0 Å². The molecule has 1 N–H and O–H groups in total. The van der Waals surface area contributed by atoms with Gasteiger partial charge in [0, 0.05) is 17.3 Å². The summed E-state index contributed by atoms with van der Waals surface area (Å²) in [7, 11) is -3.87. The normalized spacial score (nSPS) is 11.5. The summed E-state index contributed by atoms with van der Waals surface area (Å²) in [5.41, 5.74) is 3.40. The first kappa shape index (κ1) is 22.0. The largest absolute Gasteiger partial charge is 0.325 e. The quantitative estimate of drug-likeness (QED) is 0.572. The van der Waals surface area contributed by atoms with E-state index in [4.69, 9.17) is 11.6 Å². The molecule has 3 rings (SSSR count). The van der Waals surface area contributed by atoms with Gasteiger partial charge in [-0.25, -0.2) is 8.42 Å². The van der Waals surface area contributed by atoms with Gasteiger partial charge in [0.2, 0.25) is 15.9 Å². The molecule has 0 saturated carbocycles. The highest BCUT2D eigenvalue weighted by molar-refractivity contribution is 7.89. The summed E-state index contributed by atoms with van der Waals surface area (Å²) in [6.45, 7) is 3.61. The van der Waals surface area contributed by atoms with Gasteiger partial charge in [-0.2, -0.15) is 4.31 Å². The predicted molar refractivity (Wildman–Crippen MR) is 120 cm³/mol. The first-order chi connectivity index (χ1) is 14.3. The number of sulfonamides is 1. The molecule has 1 amide bonds. The number of hydrogen-bond donors (Lipinski definition) is 1. The van der Waals surface area contributed by atoms with Crippen molar-refractivity contribution in [2.45, 2.75) is 25.3 Å². The summed E-state index contributed by atoms with van der Waals surface area (Å²) < 4.78 is 27.6. The minimum atomic E-state index is -3.87. The van der Waals surface area contributed by atoms with Crippen LogP contribution in [-0.2, 0) is 21.4 Å². The van der Waals surface area contributed by atoms with E-state index in [0.717, 1.165) is 16.7 Å². The zero-order valence-electron chi connectivity index (χ0n) is 16.8. The van der Waals surface area contributed by atoms with E-state index in [9.17, 15) is 13.2 Å². The molecule has 0 heterocycles. The fraction of sp³-hybridized carbons (Fsp3) is 0.174. The maximum absolute atomic E-state index is 13.2. The topological polar surface area (TPSA) is 66.5 Å². The molecular formula is C23H23ClN2O3S. The van der Waals surface area contributed by atoms with Crippen molar-refractivity contribution < 1.29 is 13.2 Å². The summed E-state index contributed by atoms with van der Waals surface area (Å²) in [6.07, 6.45) is 0. The van der Waals surface area contributed by atoms with Gasteiger partial charge in [0.15, 0.2) is 0 Å². The fourth-order valence-corrected chi connectivity index (χ4v) is 4.60. The Balaban J connectivity index is 1.86. The Labute approximate surface area is 182 Å². The summed E-state index contributed by atoms with van der Waals surface area (Å²) >= 11 is 5.94. The summed E-state index contributed by atoms with van der Waals surface area (Å²) in [5, 5.41) is 3.38. The van der Waals surface area contributed by atoms with Crippen molar-refractivity contribution in [3.05, 3.63) is 94.5 Å². The Morgan fingerprint density at radius 3 is 2.27 bits per heavy atom. The molecule has 3 aromatic carbocycles. The third-order valence-electron chi connectivity index (χ3n) is 4.63. The lowest BCUT2D eigenvalue weighted by Crippen LogP contribution is -2.37. The summed E-state index contributed by atoms with van der Waals surface area (Å²) in [5.74, 6) is -0.407. The number of hydrogen-bond acceptors (Lipinski definition) is 3. The Kier molecular flexibility index (Phi) is 6.92. The standard InChI is InChI=1S/C23H23ClN2O3S/c1-17-8-13-22(18(2)14-17)25-23(27)16-26(15-19-9-11-20(24)12-10-19)30(28,29)21-6-4-3-5-7-21/h3-14H,15-16H2,1-2H3,(H,25,27). The van der Waals surface area contributed by atoms with Crippen LogP contribution in [0.2, 0.25) is 5.02 Å². The van der Waals surface area contributed by atoms with E-state index >= 15 is 0 Å². The number of carbonyl (C=O) groups excluding carboxylic acids is 1. The average molecular weight is 443 g/mol. The highest BCUT2D eigenvalue weighted by Crippen LogP contribution is 2.20. The second kappa shape index (κ2) is 9.43. The molecule has 0 unspecified atom stereocenters. The smallest absolute Gasteiger partial charge is 0.243 e. The SMILES string of the molecule is Cc1ccc(NC(=O)CN(Cc2ccc(Cl)cc2)S(=O)(=O)c2ccccc2)c(C)c1. The molecule has 0 aromatic heterocycles. The van der Waals surface area contributed by atoms with Crippen LogP contribution in [0.15, 0.2) is 77.7 Å². The van der Waals surface area contributed by atoms with Crippen molar-refractivity contribution in [1.82, 2.24) is 4.31 Å². The van der Waals surface area contributed by atoms with E-state index in [0.29, 0.717) is 10.7 Å². The number of carbonyl (C=O) groups is 1. The monoisotopic (exact) mass is 442 g/mol. The number of nitrogens with zero attached hydrogens (tertiary/aromatic N) is 1. The van der Waals surface area contributed by atoms with Crippen LogP contribution < -0.4 is 5.32 Å². The maximum atomic E-state index is 13.2. The predicted octanol–water partition coefficient (Wildman–Crippen LogP) is 4.79. The lowest BCUT2D eigenvalue weighted by molar-refractivity contribution is -0.116. The molecule has 0 spiro atoms. The second-order valence-corrected chi connectivity index (χ2v) is 9.45. The fourth-order valence-electron chi connectivity index (χ4n) is 3.06. The van der Waals surface area contributed by atoms with Crippen molar-refractivity contribution in [1.29, 1.82) is 0 Å². The highest BCUT2D eigenvalue weighted by atomic mass is 35.5. The second-order valence-electron chi connectivity index (χ2n) is 7.08. The molecule has 0 radical (unpaired) electrons. The molecule has 156 valence electrons. The lowest BCUT2D eigenvalue weighted by atomic mass is 10.1. The summed E-state index contributed by atoms with van der Waals surface area (Å²) in [6, 6.07) is 20.7. The molecule has 0 aliphatic heterocycles. The third-order valence-corrected chi connectivity index (χ3v) is 6.69. The average Bonchev–Trinajstić information content (AvgIpc) is 2.72. The van der Waals surface area contributed by atoms with Gasteiger partial charge in [-0.15, -0.1) is 0 Å². The number of benzene rings is 3. The van der Waals surface area contributed by atoms with Gasteiger partial charge in [-0.05, 0) is 55.3 Å². The minimum absolute atomic E-state index is 0.0503. The van der Waals surface area contributed by atoms with Crippen molar-refractivity contribution in [3.63, 3.8) is 0 Å². The number of aryl methyl sites for hydroxylation is 2. The van der Waals surface area contributed by atoms with Gasteiger partial charge in [-0.1, -0.05) is 59.6 Å². The van der Waals surface area contributed by atoms with E-state index < -0.39 is 15.9 Å². The van der Waals surface area contributed by atoms with Gasteiger partial charge in [0.05, 0.1) is 11.4 Å². The molecular weight excluding hydrogens is 420 g/mol. The zero-order valence-corrected chi connectivity index (χ0v) is 18.4. The van der Waals surface area contributed by atoms with E-state index in [1.54, 1.807) is 42.5 Å². The van der Waals surface area contributed by atoms with Gasteiger partial charge in [-0.3, -0.25) is 4.79 Å². The van der Waals surface area contributed by atoms with Crippen LogP contribution in [0.4, 0.5) is 5.69 Å². The molecule has 30 heavy (non-hydrogen) atoms. The number of rotatable bonds is 7. The molecule has 7 heteroatoms.